The van der Waals surface area contributed by atoms with Crippen LogP contribution in [0.25, 0.3) is 0 Å². The van der Waals surface area contributed by atoms with Gasteiger partial charge in [-0.1, -0.05) is 35.0 Å². The number of hydrogen-bond acceptors (Lipinski definition) is 5. The molecule has 1 aliphatic rings. The molecule has 0 spiro atoms. The Morgan fingerprint density at radius 2 is 2.09 bits per heavy atom. The standard InChI is InChI=1S/C14H15Cl2N3O3S/c1-22-3-2-17-14-19-13(21)11(23-14)7-12(20)18-10-5-8(15)4-9(16)6-10/h4-6,11H,2-3,7H2,1H3,(H,18,20)(H,17,19,21). The third-order valence-electron chi connectivity index (χ3n) is 2.84. The molecule has 2 N–H and O–H groups in total. The molecule has 23 heavy (non-hydrogen) atoms. The summed E-state index contributed by atoms with van der Waals surface area (Å²) in [6.07, 6.45) is 0.0317. The SMILES string of the molecule is COCCN=C1NC(=O)C(CC(=O)Nc2cc(Cl)cc(Cl)c2)S1. The number of amides is 2. The van der Waals surface area contributed by atoms with E-state index in [1.165, 1.54) is 11.8 Å². The number of thioether (sulfide) groups is 1. The average molecular weight is 376 g/mol. The number of hydrogen-bond donors (Lipinski definition) is 2. The summed E-state index contributed by atoms with van der Waals surface area (Å²) in [6, 6.07) is 4.75. The third kappa shape index (κ3) is 5.69. The van der Waals surface area contributed by atoms with E-state index in [2.05, 4.69) is 15.6 Å². The van der Waals surface area contributed by atoms with Gasteiger partial charge in [-0.3, -0.25) is 14.6 Å². The number of nitrogens with one attached hydrogen (secondary N) is 2. The minimum atomic E-state index is -0.508. The lowest BCUT2D eigenvalue weighted by Crippen LogP contribution is -2.28. The number of carbonyl (C=O) groups excluding carboxylic acids is 2. The molecule has 9 heteroatoms. The fourth-order valence-corrected chi connectivity index (χ4v) is 3.38. The van der Waals surface area contributed by atoms with Crippen molar-refractivity contribution in [2.45, 2.75) is 11.7 Å². The quantitative estimate of drug-likeness (QED) is 0.748. The largest absolute Gasteiger partial charge is 0.383 e. The van der Waals surface area contributed by atoms with E-state index < -0.39 is 5.25 Å². The summed E-state index contributed by atoms with van der Waals surface area (Å²) in [4.78, 5) is 28.1. The first kappa shape index (κ1) is 18.1. The molecule has 0 bridgehead atoms. The van der Waals surface area contributed by atoms with Crippen molar-refractivity contribution in [3.8, 4) is 0 Å². The van der Waals surface area contributed by atoms with Gasteiger partial charge in [-0.15, -0.1) is 0 Å². The van der Waals surface area contributed by atoms with Gasteiger partial charge in [-0.05, 0) is 18.2 Å². The molecular weight excluding hydrogens is 361 g/mol. The number of amidine groups is 1. The Morgan fingerprint density at radius 1 is 1.39 bits per heavy atom. The number of anilines is 1. The van der Waals surface area contributed by atoms with E-state index in [4.69, 9.17) is 27.9 Å². The Morgan fingerprint density at radius 3 is 2.74 bits per heavy atom. The van der Waals surface area contributed by atoms with Gasteiger partial charge in [0.25, 0.3) is 0 Å². The molecule has 124 valence electrons. The van der Waals surface area contributed by atoms with Gasteiger partial charge >= 0.3 is 0 Å². The Kier molecular flexibility index (Phi) is 6.71. The number of aliphatic imine (C=N–C) groups is 1. The lowest BCUT2D eigenvalue weighted by atomic mass is 10.2. The average Bonchev–Trinajstić information content (AvgIpc) is 2.78. The fourth-order valence-electron chi connectivity index (χ4n) is 1.86. The van der Waals surface area contributed by atoms with Crippen LogP contribution >= 0.6 is 35.0 Å². The van der Waals surface area contributed by atoms with E-state index in [9.17, 15) is 9.59 Å². The van der Waals surface area contributed by atoms with E-state index in [-0.39, 0.29) is 18.2 Å². The Balaban J connectivity index is 1.90. The second-order valence-electron chi connectivity index (χ2n) is 4.69. The summed E-state index contributed by atoms with van der Waals surface area (Å²) in [5.74, 6) is -0.528. The molecule has 1 unspecified atom stereocenters. The second kappa shape index (κ2) is 8.54. The van der Waals surface area contributed by atoms with Crippen LogP contribution in [0.2, 0.25) is 10.0 Å². The van der Waals surface area contributed by atoms with Crippen LogP contribution in [0, 0.1) is 0 Å². The van der Waals surface area contributed by atoms with Gasteiger partial charge in [0.15, 0.2) is 5.17 Å². The highest BCUT2D eigenvalue weighted by Gasteiger charge is 2.31. The van der Waals surface area contributed by atoms with E-state index in [0.29, 0.717) is 34.1 Å². The van der Waals surface area contributed by atoms with Gasteiger partial charge in [0, 0.05) is 29.3 Å². The number of ether oxygens (including phenoxy) is 1. The van der Waals surface area contributed by atoms with Crippen molar-refractivity contribution < 1.29 is 14.3 Å². The van der Waals surface area contributed by atoms with Gasteiger partial charge < -0.3 is 15.4 Å². The van der Waals surface area contributed by atoms with Crippen molar-refractivity contribution in [1.82, 2.24) is 5.32 Å². The third-order valence-corrected chi connectivity index (χ3v) is 4.40. The molecule has 1 fully saturated rings. The lowest BCUT2D eigenvalue weighted by molar-refractivity contribution is -0.122. The molecule has 1 heterocycles. The van der Waals surface area contributed by atoms with Crippen LogP contribution in [0.4, 0.5) is 5.69 Å². The maximum Gasteiger partial charge on any atom is 0.240 e. The molecule has 0 aromatic heterocycles. The molecule has 0 saturated carbocycles. The topological polar surface area (TPSA) is 79.8 Å². The lowest BCUT2D eigenvalue weighted by Gasteiger charge is -2.08. The van der Waals surface area contributed by atoms with E-state index in [1.54, 1.807) is 25.3 Å². The maximum absolute atomic E-state index is 12.1. The minimum absolute atomic E-state index is 0.0317. The molecule has 1 aromatic rings. The van der Waals surface area contributed by atoms with Gasteiger partial charge in [0.05, 0.1) is 13.2 Å². The number of carbonyl (C=O) groups is 2. The summed E-state index contributed by atoms with van der Waals surface area (Å²) in [5, 5.41) is 6.17. The highest BCUT2D eigenvalue weighted by molar-refractivity contribution is 8.15. The van der Waals surface area contributed by atoms with Crippen LogP contribution in [0.5, 0.6) is 0 Å². The van der Waals surface area contributed by atoms with Crippen LogP contribution in [0.1, 0.15) is 6.42 Å². The van der Waals surface area contributed by atoms with Crippen molar-refractivity contribution in [2.24, 2.45) is 4.99 Å². The first-order chi connectivity index (χ1) is 11.0. The number of nitrogens with zero attached hydrogens (tertiary/aromatic N) is 1. The summed E-state index contributed by atoms with van der Waals surface area (Å²) in [7, 11) is 1.58. The Bertz CT molecular complexity index is 619. The zero-order chi connectivity index (χ0) is 16.8. The van der Waals surface area contributed by atoms with E-state index >= 15 is 0 Å². The zero-order valence-corrected chi connectivity index (χ0v) is 14.6. The number of halogens is 2. The predicted octanol–water partition coefficient (Wildman–Crippen LogP) is 2.56. The summed E-state index contributed by atoms with van der Waals surface area (Å²) < 4.78 is 4.89. The number of benzene rings is 1. The molecule has 2 rings (SSSR count). The predicted molar refractivity (Wildman–Crippen MR) is 93.4 cm³/mol. The highest BCUT2D eigenvalue weighted by atomic mass is 35.5. The fraction of sp³-hybridized carbons (Fsp3) is 0.357. The van der Waals surface area contributed by atoms with Crippen LogP contribution in [-0.4, -0.2) is 42.5 Å². The van der Waals surface area contributed by atoms with Crippen molar-refractivity contribution >= 4 is 57.6 Å². The van der Waals surface area contributed by atoms with Crippen LogP contribution in [-0.2, 0) is 14.3 Å². The molecule has 1 aliphatic heterocycles. The molecule has 1 atom stereocenters. The van der Waals surface area contributed by atoms with Gasteiger partial charge in [0.2, 0.25) is 11.8 Å². The van der Waals surface area contributed by atoms with Crippen molar-refractivity contribution in [3.05, 3.63) is 28.2 Å². The van der Waals surface area contributed by atoms with Gasteiger partial charge in [-0.25, -0.2) is 0 Å². The van der Waals surface area contributed by atoms with Gasteiger partial charge in [-0.2, -0.15) is 0 Å². The number of rotatable bonds is 6. The Hall–Kier alpha value is -1.28. The van der Waals surface area contributed by atoms with Crippen LogP contribution in [0.15, 0.2) is 23.2 Å². The second-order valence-corrected chi connectivity index (χ2v) is 6.75. The van der Waals surface area contributed by atoms with Crippen molar-refractivity contribution in [2.75, 3.05) is 25.6 Å². The summed E-state index contributed by atoms with van der Waals surface area (Å²) >= 11 is 13.0. The molecule has 2 amide bonds. The summed E-state index contributed by atoms with van der Waals surface area (Å²) in [5.41, 5.74) is 0.491. The van der Waals surface area contributed by atoms with E-state index in [1.807, 2.05) is 0 Å². The molecule has 1 saturated heterocycles. The molecule has 0 aliphatic carbocycles. The van der Waals surface area contributed by atoms with E-state index in [0.717, 1.165) is 0 Å². The Labute approximate surface area is 148 Å². The smallest absolute Gasteiger partial charge is 0.240 e. The van der Waals surface area contributed by atoms with Crippen LogP contribution in [0.3, 0.4) is 0 Å². The molecular formula is C14H15Cl2N3O3S. The zero-order valence-electron chi connectivity index (χ0n) is 12.3. The monoisotopic (exact) mass is 375 g/mol. The minimum Gasteiger partial charge on any atom is -0.383 e. The van der Waals surface area contributed by atoms with Gasteiger partial charge in [0.1, 0.15) is 5.25 Å². The first-order valence-electron chi connectivity index (χ1n) is 6.75. The van der Waals surface area contributed by atoms with Crippen molar-refractivity contribution in [3.63, 3.8) is 0 Å². The summed E-state index contributed by atoms with van der Waals surface area (Å²) in [6.45, 7) is 0.930. The van der Waals surface area contributed by atoms with Crippen molar-refractivity contribution in [1.29, 1.82) is 0 Å². The van der Waals surface area contributed by atoms with Crippen LogP contribution < -0.4 is 10.6 Å². The normalized spacial score (nSPS) is 19.0. The molecule has 0 radical (unpaired) electrons. The molecule has 1 aromatic carbocycles. The molecule has 6 nitrogen and oxygen atoms in total. The number of methoxy groups -OCH3 is 1. The maximum atomic E-state index is 12.1. The first-order valence-corrected chi connectivity index (χ1v) is 8.38. The highest BCUT2D eigenvalue weighted by Crippen LogP contribution is 2.25.